The number of hydrogen-bond acceptors (Lipinski definition) is 5. The van der Waals surface area contributed by atoms with E-state index in [9.17, 15) is 5.11 Å². The first-order valence-corrected chi connectivity index (χ1v) is 9.43. The average Bonchev–Trinajstić information content (AvgIpc) is 3.17. The molecule has 0 aromatic heterocycles. The largest absolute Gasteiger partial charge is 0.389 e. The van der Waals surface area contributed by atoms with E-state index >= 15 is 0 Å². The van der Waals surface area contributed by atoms with Crippen LogP contribution < -0.4 is 0 Å². The van der Waals surface area contributed by atoms with Gasteiger partial charge in [0, 0.05) is 19.5 Å². The van der Waals surface area contributed by atoms with Crippen LogP contribution in [0.15, 0.2) is 11.6 Å². The Labute approximate surface area is 144 Å². The zero-order valence-electron chi connectivity index (χ0n) is 15.0. The van der Waals surface area contributed by atoms with Crippen LogP contribution in [0.4, 0.5) is 0 Å². The smallest absolute Gasteiger partial charge is 0.182 e. The number of aliphatic hydroxyl groups is 1. The predicted octanol–water partition coefficient (Wildman–Crippen LogP) is 1.81. The maximum absolute atomic E-state index is 10.3. The molecule has 5 heteroatoms. The van der Waals surface area contributed by atoms with Crippen LogP contribution in [0.1, 0.15) is 33.1 Å². The highest BCUT2D eigenvalue weighted by molar-refractivity contribution is 5.23. The number of nitrogens with zero attached hydrogens (tertiary/aromatic N) is 1. The zero-order chi connectivity index (χ0) is 16.8. The van der Waals surface area contributed by atoms with Crippen LogP contribution in [0, 0.1) is 17.3 Å². The van der Waals surface area contributed by atoms with Crippen LogP contribution in [-0.2, 0) is 14.2 Å². The molecule has 1 saturated carbocycles. The summed E-state index contributed by atoms with van der Waals surface area (Å²) >= 11 is 0. The van der Waals surface area contributed by atoms with Crippen molar-refractivity contribution >= 4 is 0 Å². The molecule has 5 nitrogen and oxygen atoms in total. The first-order valence-electron chi connectivity index (χ1n) is 9.43. The minimum Gasteiger partial charge on any atom is -0.389 e. The standard InChI is InChI=1S/C19H31NO4/c1-18(2)15-4-3-14(17(18)9-15)11-22-12-16(21)10-20-6-5-19(13-20)23-7-8-24-19/h3,15-17,21H,4-13H2,1-2H3/t15-,16+,17+/m0/s1. The first-order chi connectivity index (χ1) is 11.5. The summed E-state index contributed by atoms with van der Waals surface area (Å²) in [5.41, 5.74) is 1.89. The number of hydrogen-bond donors (Lipinski definition) is 1. The normalized spacial score (nSPS) is 35.0. The Balaban J connectivity index is 1.18. The van der Waals surface area contributed by atoms with Gasteiger partial charge in [-0.15, -0.1) is 0 Å². The van der Waals surface area contributed by atoms with Gasteiger partial charge in [-0.3, -0.25) is 4.90 Å². The number of ether oxygens (including phenoxy) is 3. The number of fused-ring (bicyclic) bond motifs is 1. The van der Waals surface area contributed by atoms with Gasteiger partial charge < -0.3 is 19.3 Å². The first kappa shape index (κ1) is 17.0. The van der Waals surface area contributed by atoms with Gasteiger partial charge in [0.25, 0.3) is 0 Å². The summed E-state index contributed by atoms with van der Waals surface area (Å²) in [6, 6.07) is 0. The molecule has 2 heterocycles. The van der Waals surface area contributed by atoms with Crippen LogP contribution in [0.3, 0.4) is 0 Å². The lowest BCUT2D eigenvalue weighted by Crippen LogP contribution is -2.48. The summed E-state index contributed by atoms with van der Waals surface area (Å²) in [5.74, 6) is 1.14. The molecule has 2 saturated heterocycles. The van der Waals surface area contributed by atoms with E-state index in [1.165, 1.54) is 18.4 Å². The second-order valence-corrected chi connectivity index (χ2v) is 8.58. The quantitative estimate of drug-likeness (QED) is 0.749. The van der Waals surface area contributed by atoms with Crippen LogP contribution >= 0.6 is 0 Å². The zero-order valence-corrected chi connectivity index (χ0v) is 15.0. The van der Waals surface area contributed by atoms with E-state index in [-0.39, 0.29) is 0 Å². The molecule has 3 atom stereocenters. The maximum Gasteiger partial charge on any atom is 0.182 e. The Morgan fingerprint density at radius 2 is 2.17 bits per heavy atom. The van der Waals surface area contributed by atoms with Crippen LogP contribution in [0.2, 0.25) is 0 Å². The minimum absolute atomic E-state index is 0.402. The molecule has 0 aromatic carbocycles. The molecule has 0 aromatic rings. The van der Waals surface area contributed by atoms with Crippen molar-refractivity contribution in [3.05, 3.63) is 11.6 Å². The fraction of sp³-hybridized carbons (Fsp3) is 0.895. The molecule has 3 aliphatic carbocycles. The highest BCUT2D eigenvalue weighted by Gasteiger charge is 2.51. The summed E-state index contributed by atoms with van der Waals surface area (Å²) < 4.78 is 17.3. The fourth-order valence-electron chi connectivity index (χ4n) is 5.02. The summed E-state index contributed by atoms with van der Waals surface area (Å²) in [6.07, 6.45) is 5.33. The minimum atomic E-state index is -0.451. The van der Waals surface area contributed by atoms with Gasteiger partial charge in [0.2, 0.25) is 0 Å². The van der Waals surface area contributed by atoms with Crippen LogP contribution in [0.5, 0.6) is 0 Å². The summed E-state index contributed by atoms with van der Waals surface area (Å²) in [6.45, 7) is 9.51. The van der Waals surface area contributed by atoms with E-state index in [2.05, 4.69) is 24.8 Å². The molecule has 24 heavy (non-hydrogen) atoms. The van der Waals surface area contributed by atoms with Gasteiger partial charge in [-0.1, -0.05) is 19.9 Å². The topological polar surface area (TPSA) is 51.2 Å². The number of β-amino-alcohol motifs (C(OH)–C–C–N with tert-alkyl or cyclic N) is 1. The van der Waals surface area contributed by atoms with Crippen LogP contribution in [-0.4, -0.2) is 68.0 Å². The SMILES string of the molecule is CC1(C)[C@H]2CC=C(COC[C@H](O)CN3CCC4(C3)OCCO4)[C@H]1C2. The van der Waals surface area contributed by atoms with Crippen molar-refractivity contribution in [2.45, 2.75) is 45.0 Å². The van der Waals surface area contributed by atoms with Crippen molar-refractivity contribution in [3.8, 4) is 0 Å². The molecule has 1 N–H and O–H groups in total. The molecule has 3 fully saturated rings. The molecule has 2 bridgehead atoms. The molecule has 2 aliphatic heterocycles. The van der Waals surface area contributed by atoms with Gasteiger partial charge in [-0.25, -0.2) is 0 Å². The molecular weight excluding hydrogens is 306 g/mol. The highest BCUT2D eigenvalue weighted by atomic mass is 16.7. The summed E-state index contributed by atoms with van der Waals surface area (Å²) in [7, 11) is 0. The van der Waals surface area contributed by atoms with Crippen LogP contribution in [0.25, 0.3) is 0 Å². The van der Waals surface area contributed by atoms with Crippen molar-refractivity contribution in [1.29, 1.82) is 0 Å². The lowest BCUT2D eigenvalue weighted by molar-refractivity contribution is -0.146. The molecule has 0 radical (unpaired) electrons. The molecular formula is C19H31NO4. The van der Waals surface area contributed by atoms with Crippen molar-refractivity contribution in [1.82, 2.24) is 4.90 Å². The third-order valence-corrected chi connectivity index (χ3v) is 6.72. The van der Waals surface area contributed by atoms with Crippen molar-refractivity contribution in [2.24, 2.45) is 17.3 Å². The van der Waals surface area contributed by atoms with Gasteiger partial charge >= 0.3 is 0 Å². The Bertz CT molecular complexity index is 498. The molecule has 1 spiro atoms. The second-order valence-electron chi connectivity index (χ2n) is 8.58. The number of likely N-dealkylation sites (tertiary alicyclic amines) is 1. The van der Waals surface area contributed by atoms with E-state index in [1.807, 2.05) is 0 Å². The van der Waals surface area contributed by atoms with E-state index in [4.69, 9.17) is 14.2 Å². The van der Waals surface area contributed by atoms with Crippen molar-refractivity contribution < 1.29 is 19.3 Å². The lowest BCUT2D eigenvalue weighted by Gasteiger charge is -2.56. The van der Waals surface area contributed by atoms with Gasteiger partial charge in [0.1, 0.15) is 0 Å². The maximum atomic E-state index is 10.3. The Kier molecular flexibility index (Phi) is 4.50. The molecule has 0 unspecified atom stereocenters. The van der Waals surface area contributed by atoms with E-state index < -0.39 is 11.9 Å². The molecule has 136 valence electrons. The Morgan fingerprint density at radius 3 is 2.88 bits per heavy atom. The van der Waals surface area contributed by atoms with Gasteiger partial charge in [-0.05, 0) is 35.7 Å². The van der Waals surface area contributed by atoms with Crippen molar-refractivity contribution in [3.63, 3.8) is 0 Å². The summed E-state index contributed by atoms with van der Waals surface area (Å²) in [5, 5.41) is 10.3. The highest BCUT2D eigenvalue weighted by Crippen LogP contribution is 2.59. The third kappa shape index (κ3) is 3.06. The molecule has 5 rings (SSSR count). The van der Waals surface area contributed by atoms with Gasteiger partial charge in [0.05, 0.1) is 39.1 Å². The average molecular weight is 337 g/mol. The predicted molar refractivity (Wildman–Crippen MR) is 90.6 cm³/mol. The number of rotatable bonds is 6. The fourth-order valence-corrected chi connectivity index (χ4v) is 5.02. The van der Waals surface area contributed by atoms with Gasteiger partial charge in [-0.2, -0.15) is 0 Å². The Hall–Kier alpha value is -0.460. The number of allylic oxidation sites excluding steroid dienone is 1. The van der Waals surface area contributed by atoms with E-state index in [1.54, 1.807) is 0 Å². The van der Waals surface area contributed by atoms with E-state index in [0.29, 0.717) is 44.3 Å². The molecule has 5 aliphatic rings. The Morgan fingerprint density at radius 1 is 1.38 bits per heavy atom. The lowest BCUT2D eigenvalue weighted by atomic mass is 9.49. The molecule has 0 amide bonds. The third-order valence-electron chi connectivity index (χ3n) is 6.72. The summed E-state index contributed by atoms with van der Waals surface area (Å²) in [4.78, 5) is 2.22. The monoisotopic (exact) mass is 337 g/mol. The van der Waals surface area contributed by atoms with E-state index in [0.717, 1.165) is 25.4 Å². The van der Waals surface area contributed by atoms with Crippen molar-refractivity contribution in [2.75, 3.05) is 46.1 Å². The number of aliphatic hydroxyl groups excluding tert-OH is 1. The van der Waals surface area contributed by atoms with Gasteiger partial charge in [0.15, 0.2) is 5.79 Å². The second kappa shape index (κ2) is 6.36.